The molecule has 0 saturated carbocycles. The Morgan fingerprint density at radius 1 is 0.727 bits per heavy atom. The van der Waals surface area contributed by atoms with Crippen molar-refractivity contribution in [3.05, 3.63) is 107 Å². The standard InChI is InChI=1S/C27H19N3O3/c1-33-24-11-9-18(10-12-24)22-15-25(20-7-4-8-23(13-20)30(31)32)29-27(16-22)26-14-19-5-2-3-6-21(19)17-28-26/h2-17H,1H3. The number of fused-ring (bicyclic) bond motifs is 1. The lowest BCUT2D eigenvalue weighted by Gasteiger charge is -2.11. The highest BCUT2D eigenvalue weighted by Crippen LogP contribution is 2.32. The van der Waals surface area contributed by atoms with Crippen LogP contribution in [-0.2, 0) is 0 Å². The van der Waals surface area contributed by atoms with Crippen molar-refractivity contribution in [3.8, 4) is 39.5 Å². The highest BCUT2D eigenvalue weighted by atomic mass is 16.6. The van der Waals surface area contributed by atoms with Gasteiger partial charge >= 0.3 is 0 Å². The van der Waals surface area contributed by atoms with E-state index in [2.05, 4.69) is 4.98 Å². The van der Waals surface area contributed by atoms with E-state index in [1.807, 2.05) is 79.0 Å². The van der Waals surface area contributed by atoms with Crippen molar-refractivity contribution in [2.75, 3.05) is 7.11 Å². The van der Waals surface area contributed by atoms with Gasteiger partial charge in [-0.05, 0) is 46.8 Å². The van der Waals surface area contributed by atoms with E-state index >= 15 is 0 Å². The number of hydrogen-bond acceptors (Lipinski definition) is 5. The Balaban J connectivity index is 1.69. The molecule has 0 bridgehead atoms. The van der Waals surface area contributed by atoms with E-state index < -0.39 is 4.92 Å². The number of pyridine rings is 2. The van der Waals surface area contributed by atoms with Gasteiger partial charge in [-0.2, -0.15) is 0 Å². The van der Waals surface area contributed by atoms with Gasteiger partial charge in [0.25, 0.3) is 5.69 Å². The summed E-state index contributed by atoms with van der Waals surface area (Å²) in [6.45, 7) is 0. The maximum atomic E-state index is 11.3. The van der Waals surface area contributed by atoms with Gasteiger partial charge in [0.2, 0.25) is 0 Å². The third kappa shape index (κ3) is 4.14. The molecule has 0 aliphatic carbocycles. The molecule has 160 valence electrons. The van der Waals surface area contributed by atoms with Crippen LogP contribution in [0.4, 0.5) is 5.69 Å². The summed E-state index contributed by atoms with van der Waals surface area (Å²) in [6, 6.07) is 28.2. The number of nitrogens with zero attached hydrogens (tertiary/aromatic N) is 3. The Kier molecular flexibility index (Phi) is 5.24. The number of nitro groups is 1. The highest BCUT2D eigenvalue weighted by Gasteiger charge is 2.13. The molecule has 5 rings (SSSR count). The summed E-state index contributed by atoms with van der Waals surface area (Å²) in [4.78, 5) is 20.4. The lowest BCUT2D eigenvalue weighted by Crippen LogP contribution is -1.94. The zero-order valence-corrected chi connectivity index (χ0v) is 17.8. The van der Waals surface area contributed by atoms with E-state index in [1.54, 1.807) is 13.2 Å². The normalized spacial score (nSPS) is 10.8. The maximum absolute atomic E-state index is 11.3. The minimum atomic E-state index is -0.400. The predicted octanol–water partition coefficient (Wildman–Crippen LogP) is 6.55. The van der Waals surface area contributed by atoms with Crippen molar-refractivity contribution < 1.29 is 9.66 Å². The van der Waals surface area contributed by atoms with Crippen LogP contribution < -0.4 is 4.74 Å². The fraction of sp³-hybridized carbons (Fsp3) is 0.0370. The predicted molar refractivity (Wildman–Crippen MR) is 129 cm³/mol. The monoisotopic (exact) mass is 433 g/mol. The molecule has 6 heteroatoms. The molecule has 0 radical (unpaired) electrons. The fourth-order valence-corrected chi connectivity index (χ4v) is 3.76. The van der Waals surface area contributed by atoms with Gasteiger partial charge in [0.15, 0.2) is 0 Å². The van der Waals surface area contributed by atoms with E-state index in [1.165, 1.54) is 12.1 Å². The van der Waals surface area contributed by atoms with Gasteiger partial charge < -0.3 is 4.74 Å². The molecule has 0 fully saturated rings. The van der Waals surface area contributed by atoms with E-state index in [9.17, 15) is 10.1 Å². The molecule has 0 N–H and O–H groups in total. The number of rotatable bonds is 5. The quantitative estimate of drug-likeness (QED) is 0.232. The lowest BCUT2D eigenvalue weighted by atomic mass is 10.0. The molecule has 0 amide bonds. The van der Waals surface area contributed by atoms with Gasteiger partial charge in [-0.3, -0.25) is 15.1 Å². The molecule has 2 aromatic heterocycles. The molecule has 33 heavy (non-hydrogen) atoms. The van der Waals surface area contributed by atoms with Crippen LogP contribution in [0.15, 0.2) is 97.2 Å². The van der Waals surface area contributed by atoms with Crippen LogP contribution in [0.25, 0.3) is 44.5 Å². The van der Waals surface area contributed by atoms with Crippen molar-refractivity contribution in [3.63, 3.8) is 0 Å². The van der Waals surface area contributed by atoms with Crippen molar-refractivity contribution in [1.82, 2.24) is 9.97 Å². The van der Waals surface area contributed by atoms with Crippen LogP contribution in [0.2, 0.25) is 0 Å². The van der Waals surface area contributed by atoms with E-state index in [0.29, 0.717) is 17.0 Å². The number of hydrogen-bond donors (Lipinski definition) is 0. The largest absolute Gasteiger partial charge is 0.497 e. The Bertz CT molecular complexity index is 1480. The summed E-state index contributed by atoms with van der Waals surface area (Å²) in [5, 5.41) is 13.4. The second kappa shape index (κ2) is 8.51. The van der Waals surface area contributed by atoms with Crippen molar-refractivity contribution in [1.29, 1.82) is 0 Å². The van der Waals surface area contributed by atoms with Crippen molar-refractivity contribution >= 4 is 16.5 Å². The van der Waals surface area contributed by atoms with Crippen LogP contribution in [0.3, 0.4) is 0 Å². The second-order valence-corrected chi connectivity index (χ2v) is 7.58. The Morgan fingerprint density at radius 2 is 1.48 bits per heavy atom. The number of methoxy groups -OCH3 is 1. The number of benzene rings is 3. The lowest BCUT2D eigenvalue weighted by molar-refractivity contribution is -0.384. The van der Waals surface area contributed by atoms with Gasteiger partial charge in [-0.25, -0.2) is 4.98 Å². The zero-order valence-electron chi connectivity index (χ0n) is 17.8. The average Bonchev–Trinajstić information content (AvgIpc) is 2.88. The smallest absolute Gasteiger partial charge is 0.270 e. The Morgan fingerprint density at radius 3 is 2.24 bits per heavy atom. The molecular formula is C27H19N3O3. The van der Waals surface area contributed by atoms with Crippen molar-refractivity contribution in [2.45, 2.75) is 0 Å². The summed E-state index contributed by atoms with van der Waals surface area (Å²) in [5.74, 6) is 0.767. The van der Waals surface area contributed by atoms with E-state index in [0.717, 1.165) is 33.3 Å². The topological polar surface area (TPSA) is 78.2 Å². The fourth-order valence-electron chi connectivity index (χ4n) is 3.76. The first-order valence-electron chi connectivity index (χ1n) is 10.4. The van der Waals surface area contributed by atoms with Crippen LogP contribution in [0, 0.1) is 10.1 Å². The zero-order chi connectivity index (χ0) is 22.8. The Labute approximate surface area is 190 Å². The van der Waals surface area contributed by atoms with Crippen LogP contribution in [0.1, 0.15) is 0 Å². The molecule has 2 heterocycles. The first-order valence-corrected chi connectivity index (χ1v) is 10.4. The maximum Gasteiger partial charge on any atom is 0.270 e. The third-order valence-electron chi connectivity index (χ3n) is 5.49. The molecule has 0 atom stereocenters. The summed E-state index contributed by atoms with van der Waals surface area (Å²) < 4.78 is 5.28. The number of ether oxygens (including phenoxy) is 1. The van der Waals surface area contributed by atoms with E-state index in [4.69, 9.17) is 9.72 Å². The van der Waals surface area contributed by atoms with Gasteiger partial charge in [0, 0.05) is 29.3 Å². The van der Waals surface area contributed by atoms with E-state index in [-0.39, 0.29) is 5.69 Å². The third-order valence-corrected chi connectivity index (χ3v) is 5.49. The first kappa shape index (κ1) is 20.3. The average molecular weight is 433 g/mol. The molecule has 0 saturated heterocycles. The molecular weight excluding hydrogens is 414 g/mol. The number of nitro benzene ring substituents is 1. The van der Waals surface area contributed by atoms with Gasteiger partial charge in [0.1, 0.15) is 5.75 Å². The molecule has 6 nitrogen and oxygen atoms in total. The summed E-state index contributed by atoms with van der Waals surface area (Å²) >= 11 is 0. The molecule has 0 unspecified atom stereocenters. The summed E-state index contributed by atoms with van der Waals surface area (Å²) in [5.41, 5.74) is 4.66. The molecule has 0 aliphatic heterocycles. The minimum Gasteiger partial charge on any atom is -0.497 e. The van der Waals surface area contributed by atoms with Gasteiger partial charge in [0.05, 0.1) is 29.1 Å². The first-order chi connectivity index (χ1) is 16.1. The molecule has 0 aliphatic rings. The molecule has 5 aromatic rings. The van der Waals surface area contributed by atoms with Crippen LogP contribution >= 0.6 is 0 Å². The molecule has 0 spiro atoms. The summed E-state index contributed by atoms with van der Waals surface area (Å²) in [7, 11) is 1.63. The van der Waals surface area contributed by atoms with Gasteiger partial charge in [-0.15, -0.1) is 0 Å². The minimum absolute atomic E-state index is 0.0227. The SMILES string of the molecule is COc1ccc(-c2cc(-c3cccc([N+](=O)[O-])c3)nc(-c3cc4ccccc4cn3)c2)cc1. The van der Waals surface area contributed by atoms with Crippen molar-refractivity contribution in [2.24, 2.45) is 0 Å². The van der Waals surface area contributed by atoms with Gasteiger partial charge in [-0.1, -0.05) is 48.5 Å². The second-order valence-electron chi connectivity index (χ2n) is 7.58. The number of aromatic nitrogens is 2. The summed E-state index contributed by atoms with van der Waals surface area (Å²) in [6.07, 6.45) is 1.83. The van der Waals surface area contributed by atoms with Crippen LogP contribution in [-0.4, -0.2) is 22.0 Å². The van der Waals surface area contributed by atoms with Crippen LogP contribution in [0.5, 0.6) is 5.75 Å². The number of non-ortho nitro benzene ring substituents is 1. The molecule has 3 aromatic carbocycles. The highest BCUT2D eigenvalue weighted by molar-refractivity contribution is 5.85. The Hall–Kier alpha value is -4.58.